The molecule has 2 unspecified atom stereocenters. The van der Waals surface area contributed by atoms with E-state index in [9.17, 15) is 4.79 Å². The van der Waals surface area contributed by atoms with Crippen molar-refractivity contribution in [3.05, 3.63) is 35.4 Å². The van der Waals surface area contributed by atoms with Gasteiger partial charge in [-0.3, -0.25) is 4.79 Å². The molecule has 2 atom stereocenters. The van der Waals surface area contributed by atoms with Gasteiger partial charge in [-0.25, -0.2) is 0 Å². The van der Waals surface area contributed by atoms with Gasteiger partial charge < -0.3 is 10.2 Å². The molecule has 102 valence electrons. The van der Waals surface area contributed by atoms with Crippen molar-refractivity contribution in [1.82, 2.24) is 10.2 Å². The zero-order valence-electron chi connectivity index (χ0n) is 11.6. The van der Waals surface area contributed by atoms with Crippen molar-refractivity contribution in [3.63, 3.8) is 0 Å². The Labute approximate surface area is 115 Å². The van der Waals surface area contributed by atoms with E-state index >= 15 is 0 Å². The lowest BCUT2D eigenvalue weighted by atomic mass is 9.87. The number of hydrogen-bond donors (Lipinski definition) is 1. The molecule has 3 heteroatoms. The van der Waals surface area contributed by atoms with Crippen molar-refractivity contribution in [1.29, 1.82) is 0 Å². The second kappa shape index (κ2) is 5.33. The molecule has 1 aliphatic carbocycles. The minimum Gasteiger partial charge on any atom is -0.333 e. The maximum atomic E-state index is 12.7. The monoisotopic (exact) mass is 258 g/mol. The highest BCUT2D eigenvalue weighted by Crippen LogP contribution is 2.26. The fourth-order valence-electron chi connectivity index (χ4n) is 3.45. The minimum atomic E-state index is 0.210. The van der Waals surface area contributed by atoms with Crippen molar-refractivity contribution < 1.29 is 4.79 Å². The van der Waals surface area contributed by atoms with Crippen molar-refractivity contribution in [2.24, 2.45) is 0 Å². The van der Waals surface area contributed by atoms with Gasteiger partial charge >= 0.3 is 0 Å². The van der Waals surface area contributed by atoms with E-state index in [-0.39, 0.29) is 5.91 Å². The van der Waals surface area contributed by atoms with E-state index in [1.807, 2.05) is 31.2 Å². The Kier molecular flexibility index (Phi) is 3.56. The second-order valence-electron chi connectivity index (χ2n) is 5.78. The molecule has 0 spiro atoms. The molecule has 19 heavy (non-hydrogen) atoms. The molecule has 0 radical (unpaired) electrons. The highest BCUT2D eigenvalue weighted by Gasteiger charge is 2.35. The van der Waals surface area contributed by atoms with Gasteiger partial charge in [0.1, 0.15) is 0 Å². The smallest absolute Gasteiger partial charge is 0.254 e. The third-order valence-corrected chi connectivity index (χ3v) is 4.41. The summed E-state index contributed by atoms with van der Waals surface area (Å²) < 4.78 is 0. The zero-order valence-corrected chi connectivity index (χ0v) is 11.6. The Hall–Kier alpha value is -1.35. The fourth-order valence-corrected chi connectivity index (χ4v) is 3.45. The number of amides is 1. The van der Waals surface area contributed by atoms with E-state index in [0.29, 0.717) is 12.1 Å². The van der Waals surface area contributed by atoms with Crippen LogP contribution in [0.25, 0.3) is 0 Å². The molecule has 0 bridgehead atoms. The summed E-state index contributed by atoms with van der Waals surface area (Å²) in [4.78, 5) is 14.8. The van der Waals surface area contributed by atoms with E-state index in [4.69, 9.17) is 0 Å². The van der Waals surface area contributed by atoms with Gasteiger partial charge in [-0.1, -0.05) is 30.5 Å². The van der Waals surface area contributed by atoms with Crippen LogP contribution in [0.15, 0.2) is 24.3 Å². The number of aryl methyl sites for hydroxylation is 1. The van der Waals surface area contributed by atoms with Crippen molar-refractivity contribution in [2.45, 2.75) is 44.7 Å². The van der Waals surface area contributed by atoms with Crippen LogP contribution in [-0.2, 0) is 0 Å². The molecule has 1 aromatic rings. The summed E-state index contributed by atoms with van der Waals surface area (Å²) in [5.41, 5.74) is 1.99. The van der Waals surface area contributed by atoms with Crippen LogP contribution in [0, 0.1) is 6.92 Å². The van der Waals surface area contributed by atoms with Crippen LogP contribution in [0.2, 0.25) is 0 Å². The molecular weight excluding hydrogens is 236 g/mol. The Morgan fingerprint density at radius 3 is 3.00 bits per heavy atom. The van der Waals surface area contributed by atoms with Gasteiger partial charge in [-0.05, 0) is 31.9 Å². The molecular formula is C16H22N2O. The highest BCUT2D eigenvalue weighted by atomic mass is 16.2. The quantitative estimate of drug-likeness (QED) is 0.838. The van der Waals surface area contributed by atoms with Crippen molar-refractivity contribution in [2.75, 3.05) is 13.1 Å². The number of piperazine rings is 1. The van der Waals surface area contributed by atoms with Gasteiger partial charge in [0.2, 0.25) is 0 Å². The molecule has 1 heterocycles. The van der Waals surface area contributed by atoms with Gasteiger partial charge in [0.05, 0.1) is 0 Å². The molecule has 1 N–H and O–H groups in total. The first kappa shape index (κ1) is 12.7. The van der Waals surface area contributed by atoms with E-state index < -0.39 is 0 Å². The summed E-state index contributed by atoms with van der Waals surface area (Å²) in [6.45, 7) is 3.81. The SMILES string of the molecule is Cc1cccc(C(=O)N2CCNC3CCCCC32)c1. The molecule has 1 saturated heterocycles. The molecule has 1 amide bonds. The highest BCUT2D eigenvalue weighted by molar-refractivity contribution is 5.94. The van der Waals surface area contributed by atoms with Gasteiger partial charge in [0.15, 0.2) is 0 Å². The number of hydrogen-bond acceptors (Lipinski definition) is 2. The van der Waals surface area contributed by atoms with Gasteiger partial charge in [-0.2, -0.15) is 0 Å². The lowest BCUT2D eigenvalue weighted by Gasteiger charge is -2.44. The van der Waals surface area contributed by atoms with Crippen LogP contribution < -0.4 is 5.32 Å². The molecule has 1 aromatic carbocycles. The largest absolute Gasteiger partial charge is 0.333 e. The molecule has 2 aliphatic rings. The van der Waals surface area contributed by atoms with Crippen LogP contribution in [0.5, 0.6) is 0 Å². The number of carbonyl (C=O) groups is 1. The number of rotatable bonds is 1. The lowest BCUT2D eigenvalue weighted by molar-refractivity contribution is 0.0489. The Morgan fingerprint density at radius 1 is 1.32 bits per heavy atom. The second-order valence-corrected chi connectivity index (χ2v) is 5.78. The minimum absolute atomic E-state index is 0.210. The normalized spacial score (nSPS) is 26.9. The summed E-state index contributed by atoms with van der Waals surface area (Å²) in [6.07, 6.45) is 4.90. The summed E-state index contributed by atoms with van der Waals surface area (Å²) in [5, 5.41) is 3.57. The van der Waals surface area contributed by atoms with Crippen LogP contribution in [0.1, 0.15) is 41.6 Å². The summed E-state index contributed by atoms with van der Waals surface area (Å²) >= 11 is 0. The number of nitrogens with zero attached hydrogens (tertiary/aromatic N) is 1. The fraction of sp³-hybridized carbons (Fsp3) is 0.562. The van der Waals surface area contributed by atoms with Crippen LogP contribution >= 0.6 is 0 Å². The Balaban J connectivity index is 1.82. The van der Waals surface area contributed by atoms with Crippen molar-refractivity contribution >= 4 is 5.91 Å². The summed E-state index contributed by atoms with van der Waals surface area (Å²) in [6, 6.07) is 8.87. The van der Waals surface area contributed by atoms with Crippen LogP contribution in [-0.4, -0.2) is 36.0 Å². The molecule has 3 rings (SSSR count). The van der Waals surface area contributed by atoms with Gasteiger partial charge in [-0.15, -0.1) is 0 Å². The maximum absolute atomic E-state index is 12.7. The molecule has 3 nitrogen and oxygen atoms in total. The Morgan fingerprint density at radius 2 is 2.16 bits per heavy atom. The summed E-state index contributed by atoms with van der Waals surface area (Å²) in [7, 11) is 0. The first-order valence-corrected chi connectivity index (χ1v) is 7.37. The van der Waals surface area contributed by atoms with E-state index in [1.165, 1.54) is 19.3 Å². The van der Waals surface area contributed by atoms with E-state index in [1.54, 1.807) is 0 Å². The number of fused-ring (bicyclic) bond motifs is 1. The molecule has 1 aliphatic heterocycles. The standard InChI is InChI=1S/C16H22N2O/c1-12-5-4-6-13(11-12)16(19)18-10-9-17-14-7-2-3-8-15(14)18/h4-6,11,14-15,17H,2-3,7-10H2,1H3. The molecule has 0 aromatic heterocycles. The van der Waals surface area contributed by atoms with Gasteiger partial charge in [0.25, 0.3) is 5.91 Å². The van der Waals surface area contributed by atoms with E-state index in [2.05, 4.69) is 10.2 Å². The number of carbonyl (C=O) groups excluding carboxylic acids is 1. The lowest BCUT2D eigenvalue weighted by Crippen LogP contribution is -2.60. The Bertz CT molecular complexity index is 470. The first-order chi connectivity index (χ1) is 9.25. The van der Waals surface area contributed by atoms with Gasteiger partial charge in [0, 0.05) is 30.7 Å². The average molecular weight is 258 g/mol. The molecule has 2 fully saturated rings. The van der Waals surface area contributed by atoms with Crippen LogP contribution in [0.3, 0.4) is 0 Å². The molecule has 1 saturated carbocycles. The summed E-state index contributed by atoms with van der Waals surface area (Å²) in [5.74, 6) is 0.210. The maximum Gasteiger partial charge on any atom is 0.254 e. The average Bonchev–Trinajstić information content (AvgIpc) is 2.46. The number of benzene rings is 1. The third kappa shape index (κ3) is 2.52. The van der Waals surface area contributed by atoms with E-state index in [0.717, 1.165) is 30.6 Å². The topological polar surface area (TPSA) is 32.3 Å². The van der Waals surface area contributed by atoms with Crippen molar-refractivity contribution in [3.8, 4) is 0 Å². The number of nitrogens with one attached hydrogen (secondary N) is 1. The first-order valence-electron chi connectivity index (χ1n) is 7.37. The predicted molar refractivity (Wildman–Crippen MR) is 76.3 cm³/mol. The zero-order chi connectivity index (χ0) is 13.2. The third-order valence-electron chi connectivity index (χ3n) is 4.41. The predicted octanol–water partition coefficient (Wildman–Crippen LogP) is 2.35. The van der Waals surface area contributed by atoms with Crippen LogP contribution in [0.4, 0.5) is 0 Å².